The van der Waals surface area contributed by atoms with E-state index in [4.69, 9.17) is 9.84 Å². The number of hydrogen-bond donors (Lipinski definition) is 2. The zero-order valence-electron chi connectivity index (χ0n) is 13.9. The highest BCUT2D eigenvalue weighted by Crippen LogP contribution is 2.37. The molecule has 2 N–H and O–H groups in total. The number of hydrogen-bond acceptors (Lipinski definition) is 3. The van der Waals surface area contributed by atoms with E-state index < -0.39 is 5.97 Å². The van der Waals surface area contributed by atoms with E-state index in [0.29, 0.717) is 6.04 Å². The average Bonchev–Trinajstić information content (AvgIpc) is 2.44. The van der Waals surface area contributed by atoms with Crippen molar-refractivity contribution >= 4 is 5.97 Å². The molecule has 1 unspecified atom stereocenters. The number of carbonyl (C=O) groups is 1. The third-order valence-corrected chi connectivity index (χ3v) is 4.28. The summed E-state index contributed by atoms with van der Waals surface area (Å²) in [6, 6.07) is 0.354. The molecular weight excluding hydrogens is 254 g/mol. The standard InChI is InChI=1S/C16H31NO3/c1-14(2,8-7-13(18)19)9-10-17-12-11-15(3,4)20-16(12,5)6/h12,17H,7-11H2,1-6H3,(H,18,19). The fourth-order valence-corrected chi connectivity index (χ4v) is 3.04. The molecule has 118 valence electrons. The minimum absolute atomic E-state index is 0.0600. The van der Waals surface area contributed by atoms with Crippen molar-refractivity contribution in [3.8, 4) is 0 Å². The Morgan fingerprint density at radius 2 is 1.90 bits per heavy atom. The Hall–Kier alpha value is -0.610. The minimum atomic E-state index is -0.710. The van der Waals surface area contributed by atoms with Gasteiger partial charge < -0.3 is 15.2 Å². The van der Waals surface area contributed by atoms with Crippen molar-refractivity contribution in [2.45, 2.75) is 84.5 Å². The third-order valence-electron chi connectivity index (χ3n) is 4.28. The van der Waals surface area contributed by atoms with Crippen molar-refractivity contribution in [1.29, 1.82) is 0 Å². The Bertz CT molecular complexity index is 348. The van der Waals surface area contributed by atoms with Crippen LogP contribution in [0.5, 0.6) is 0 Å². The second-order valence-corrected chi connectivity index (χ2v) is 7.98. The molecular formula is C16H31NO3. The van der Waals surface area contributed by atoms with Crippen molar-refractivity contribution in [3.05, 3.63) is 0 Å². The van der Waals surface area contributed by atoms with Gasteiger partial charge in [0, 0.05) is 12.5 Å². The van der Waals surface area contributed by atoms with E-state index in [1.54, 1.807) is 0 Å². The summed E-state index contributed by atoms with van der Waals surface area (Å²) in [5, 5.41) is 12.4. The first-order valence-electron chi connectivity index (χ1n) is 7.59. The lowest BCUT2D eigenvalue weighted by Gasteiger charge is -2.30. The molecule has 1 saturated heterocycles. The van der Waals surface area contributed by atoms with Crippen molar-refractivity contribution < 1.29 is 14.6 Å². The summed E-state index contributed by atoms with van der Waals surface area (Å²) in [6.45, 7) is 13.7. The molecule has 0 saturated carbocycles. The molecule has 0 aromatic carbocycles. The van der Waals surface area contributed by atoms with Crippen LogP contribution in [0.25, 0.3) is 0 Å². The van der Waals surface area contributed by atoms with Gasteiger partial charge in [-0.05, 0) is 58.9 Å². The maximum absolute atomic E-state index is 10.7. The largest absolute Gasteiger partial charge is 0.481 e. The Morgan fingerprint density at radius 3 is 2.35 bits per heavy atom. The van der Waals surface area contributed by atoms with Gasteiger partial charge in [0.15, 0.2) is 0 Å². The Kier molecular flexibility index (Phi) is 5.25. The van der Waals surface area contributed by atoms with E-state index in [9.17, 15) is 4.79 Å². The van der Waals surface area contributed by atoms with E-state index in [0.717, 1.165) is 25.8 Å². The van der Waals surface area contributed by atoms with Gasteiger partial charge in [-0.15, -0.1) is 0 Å². The smallest absolute Gasteiger partial charge is 0.303 e. The highest BCUT2D eigenvalue weighted by atomic mass is 16.5. The Balaban J connectivity index is 2.39. The zero-order valence-corrected chi connectivity index (χ0v) is 13.9. The molecule has 0 aliphatic carbocycles. The summed E-state index contributed by atoms with van der Waals surface area (Å²) in [4.78, 5) is 10.7. The summed E-state index contributed by atoms with van der Waals surface area (Å²) in [6.07, 6.45) is 2.96. The highest BCUT2D eigenvalue weighted by molar-refractivity contribution is 5.66. The molecule has 20 heavy (non-hydrogen) atoms. The molecule has 0 amide bonds. The van der Waals surface area contributed by atoms with Crippen LogP contribution in [-0.4, -0.2) is 34.9 Å². The number of carboxylic acids is 1. The van der Waals surface area contributed by atoms with Crippen molar-refractivity contribution in [2.24, 2.45) is 5.41 Å². The van der Waals surface area contributed by atoms with E-state index in [1.807, 2.05) is 0 Å². The van der Waals surface area contributed by atoms with Gasteiger partial charge in [0.1, 0.15) is 0 Å². The zero-order chi connectivity index (χ0) is 15.6. The van der Waals surface area contributed by atoms with Gasteiger partial charge in [-0.25, -0.2) is 0 Å². The molecule has 1 atom stereocenters. The quantitative estimate of drug-likeness (QED) is 0.754. The van der Waals surface area contributed by atoms with E-state index in [2.05, 4.69) is 46.9 Å². The minimum Gasteiger partial charge on any atom is -0.481 e. The van der Waals surface area contributed by atoms with Gasteiger partial charge in [0.25, 0.3) is 0 Å². The monoisotopic (exact) mass is 285 g/mol. The molecule has 1 fully saturated rings. The van der Waals surface area contributed by atoms with Crippen LogP contribution in [0.2, 0.25) is 0 Å². The lowest BCUT2D eigenvalue weighted by molar-refractivity contribution is -0.137. The fourth-order valence-electron chi connectivity index (χ4n) is 3.04. The van der Waals surface area contributed by atoms with Gasteiger partial charge >= 0.3 is 5.97 Å². The normalized spacial score (nSPS) is 24.8. The fraction of sp³-hybridized carbons (Fsp3) is 0.938. The Morgan fingerprint density at radius 1 is 1.30 bits per heavy atom. The van der Waals surface area contributed by atoms with Crippen molar-refractivity contribution in [1.82, 2.24) is 5.32 Å². The molecule has 4 nitrogen and oxygen atoms in total. The first-order chi connectivity index (χ1) is 8.94. The predicted molar refractivity (Wildman–Crippen MR) is 80.9 cm³/mol. The first-order valence-corrected chi connectivity index (χ1v) is 7.59. The summed E-state index contributed by atoms with van der Waals surface area (Å²) in [5.74, 6) is -0.710. The second-order valence-electron chi connectivity index (χ2n) is 7.98. The van der Waals surface area contributed by atoms with E-state index in [1.165, 1.54) is 0 Å². The number of aliphatic carboxylic acids is 1. The SMILES string of the molecule is CC(C)(CCNC1CC(C)(C)OC1(C)C)CCC(=O)O. The molecule has 1 heterocycles. The van der Waals surface area contributed by atoms with Crippen LogP contribution in [0.3, 0.4) is 0 Å². The van der Waals surface area contributed by atoms with Crippen LogP contribution in [0.15, 0.2) is 0 Å². The molecule has 0 spiro atoms. The number of nitrogens with one attached hydrogen (secondary N) is 1. The summed E-state index contributed by atoms with van der Waals surface area (Å²) >= 11 is 0. The van der Waals surface area contributed by atoms with Crippen LogP contribution in [0.4, 0.5) is 0 Å². The summed E-state index contributed by atoms with van der Waals surface area (Å²) in [5.41, 5.74) is -0.154. The number of carboxylic acid groups (broad SMARTS) is 1. The molecule has 1 rings (SSSR count). The molecule has 1 aliphatic heterocycles. The summed E-state index contributed by atoms with van der Waals surface area (Å²) in [7, 11) is 0. The van der Waals surface area contributed by atoms with Gasteiger partial charge in [0.05, 0.1) is 11.2 Å². The lowest BCUT2D eigenvalue weighted by atomic mass is 9.84. The molecule has 0 aromatic heterocycles. The summed E-state index contributed by atoms with van der Waals surface area (Å²) < 4.78 is 6.07. The van der Waals surface area contributed by atoms with Crippen LogP contribution in [0, 0.1) is 5.41 Å². The molecule has 1 aliphatic rings. The van der Waals surface area contributed by atoms with Gasteiger partial charge in [-0.2, -0.15) is 0 Å². The molecule has 0 radical (unpaired) electrons. The molecule has 0 bridgehead atoms. The van der Waals surface area contributed by atoms with Crippen LogP contribution >= 0.6 is 0 Å². The predicted octanol–water partition coefficient (Wildman–Crippen LogP) is 3.20. The van der Waals surface area contributed by atoms with Crippen molar-refractivity contribution in [2.75, 3.05) is 6.54 Å². The lowest BCUT2D eigenvalue weighted by Crippen LogP contribution is -2.44. The number of rotatable bonds is 7. The number of ether oxygens (including phenoxy) is 1. The topological polar surface area (TPSA) is 58.6 Å². The maximum Gasteiger partial charge on any atom is 0.303 e. The van der Waals surface area contributed by atoms with E-state index in [-0.39, 0.29) is 23.0 Å². The molecule has 0 aromatic rings. The molecule has 4 heteroatoms. The van der Waals surface area contributed by atoms with Crippen molar-refractivity contribution in [3.63, 3.8) is 0 Å². The average molecular weight is 285 g/mol. The van der Waals surface area contributed by atoms with E-state index >= 15 is 0 Å². The second kappa shape index (κ2) is 6.02. The van der Waals surface area contributed by atoms with Crippen LogP contribution < -0.4 is 5.32 Å². The maximum atomic E-state index is 10.7. The highest BCUT2D eigenvalue weighted by Gasteiger charge is 2.45. The Labute approximate surface area is 123 Å². The first kappa shape index (κ1) is 17.4. The van der Waals surface area contributed by atoms with Gasteiger partial charge in [-0.1, -0.05) is 13.8 Å². The van der Waals surface area contributed by atoms with Gasteiger partial charge in [-0.3, -0.25) is 4.79 Å². The van der Waals surface area contributed by atoms with Gasteiger partial charge in [0.2, 0.25) is 0 Å². The van der Waals surface area contributed by atoms with Crippen LogP contribution in [-0.2, 0) is 9.53 Å². The van der Waals surface area contributed by atoms with Crippen LogP contribution in [0.1, 0.15) is 67.2 Å². The third kappa shape index (κ3) is 5.41.